The lowest BCUT2D eigenvalue weighted by atomic mass is 10.1. The highest BCUT2D eigenvalue weighted by atomic mass is 16.2. The third kappa shape index (κ3) is 5.29. The molecular formula is C28H31N5O. The molecule has 2 heterocycles. The first-order valence-corrected chi connectivity index (χ1v) is 12.0. The molecule has 1 N–H and O–H groups in total. The zero-order valence-electron chi connectivity index (χ0n) is 19.4. The van der Waals surface area contributed by atoms with Gasteiger partial charge in [-0.1, -0.05) is 72.8 Å². The molecule has 5 rings (SSSR count). The van der Waals surface area contributed by atoms with Crippen LogP contribution in [0.1, 0.15) is 17.0 Å². The minimum Gasteiger partial charge on any atom is -0.338 e. The van der Waals surface area contributed by atoms with Crippen molar-refractivity contribution in [3.05, 3.63) is 102 Å². The Kier molecular flexibility index (Phi) is 6.86. The standard InChI is InChI=1S/C28H31N5O/c34-28(29-16-15-23-9-3-1-4-10-23)32-19-17-31(18-20-32)22-27-30-25-13-7-8-14-26(25)33(27)21-24-11-5-2-6-12-24/h1-14H,15-22H2,(H,29,34). The highest BCUT2D eigenvalue weighted by molar-refractivity contribution is 5.76. The second-order valence-corrected chi connectivity index (χ2v) is 8.82. The Balaban J connectivity index is 1.18. The van der Waals surface area contributed by atoms with Gasteiger partial charge >= 0.3 is 6.03 Å². The summed E-state index contributed by atoms with van der Waals surface area (Å²) in [6.07, 6.45) is 0.851. The number of amides is 2. The van der Waals surface area contributed by atoms with Crippen LogP contribution in [0.4, 0.5) is 4.79 Å². The lowest BCUT2D eigenvalue weighted by molar-refractivity contribution is 0.133. The second kappa shape index (κ2) is 10.5. The topological polar surface area (TPSA) is 53.4 Å². The number of nitrogens with one attached hydrogen (secondary N) is 1. The Hall–Kier alpha value is -3.64. The number of para-hydroxylation sites is 2. The molecule has 1 fully saturated rings. The largest absolute Gasteiger partial charge is 0.338 e. The summed E-state index contributed by atoms with van der Waals surface area (Å²) in [5.74, 6) is 1.07. The van der Waals surface area contributed by atoms with Crippen LogP contribution in [0.5, 0.6) is 0 Å². The van der Waals surface area contributed by atoms with Crippen molar-refractivity contribution in [2.75, 3.05) is 32.7 Å². The van der Waals surface area contributed by atoms with E-state index < -0.39 is 0 Å². The Morgan fingerprint density at radius 2 is 1.41 bits per heavy atom. The number of rotatable bonds is 7. The van der Waals surface area contributed by atoms with Crippen LogP contribution in [0.3, 0.4) is 0 Å². The third-order valence-electron chi connectivity index (χ3n) is 6.47. The SMILES string of the molecule is O=C(NCCc1ccccc1)N1CCN(Cc2nc3ccccc3n2Cc2ccccc2)CC1. The Morgan fingerprint density at radius 3 is 2.15 bits per heavy atom. The number of aromatic nitrogens is 2. The van der Waals surface area contributed by atoms with Crippen LogP contribution in [-0.2, 0) is 19.5 Å². The lowest BCUT2D eigenvalue weighted by Gasteiger charge is -2.34. The molecule has 0 unspecified atom stereocenters. The molecule has 3 aromatic carbocycles. The normalized spacial score (nSPS) is 14.4. The number of piperazine rings is 1. The highest BCUT2D eigenvalue weighted by Gasteiger charge is 2.22. The summed E-state index contributed by atoms with van der Waals surface area (Å²) in [6, 6.07) is 29.2. The quantitative estimate of drug-likeness (QED) is 0.457. The van der Waals surface area contributed by atoms with E-state index in [-0.39, 0.29) is 6.03 Å². The first-order valence-electron chi connectivity index (χ1n) is 12.0. The number of hydrogen-bond acceptors (Lipinski definition) is 3. The summed E-state index contributed by atoms with van der Waals surface area (Å²) in [5, 5.41) is 3.07. The minimum atomic E-state index is 0.0342. The van der Waals surface area contributed by atoms with Gasteiger partial charge in [-0.25, -0.2) is 9.78 Å². The van der Waals surface area contributed by atoms with Crippen LogP contribution in [0.25, 0.3) is 11.0 Å². The van der Waals surface area contributed by atoms with Crippen LogP contribution in [0.15, 0.2) is 84.9 Å². The molecule has 6 heteroatoms. The number of benzene rings is 3. The first-order chi connectivity index (χ1) is 16.8. The fourth-order valence-electron chi connectivity index (χ4n) is 4.57. The molecule has 0 aliphatic carbocycles. The molecule has 2 amide bonds. The van der Waals surface area contributed by atoms with Gasteiger partial charge in [-0.05, 0) is 29.7 Å². The maximum Gasteiger partial charge on any atom is 0.317 e. The first kappa shape index (κ1) is 22.2. The number of nitrogens with zero attached hydrogens (tertiary/aromatic N) is 4. The number of urea groups is 1. The van der Waals surface area contributed by atoms with Crippen molar-refractivity contribution in [2.24, 2.45) is 0 Å². The van der Waals surface area contributed by atoms with Crippen LogP contribution >= 0.6 is 0 Å². The molecule has 0 radical (unpaired) electrons. The van der Waals surface area contributed by atoms with Gasteiger partial charge in [0.25, 0.3) is 0 Å². The van der Waals surface area contributed by atoms with E-state index in [4.69, 9.17) is 4.98 Å². The molecule has 0 bridgehead atoms. The van der Waals surface area contributed by atoms with E-state index in [1.807, 2.05) is 35.2 Å². The number of imidazole rings is 1. The summed E-state index contributed by atoms with van der Waals surface area (Å²) in [7, 11) is 0. The molecule has 6 nitrogen and oxygen atoms in total. The van der Waals surface area contributed by atoms with Crippen molar-refractivity contribution in [1.29, 1.82) is 0 Å². The molecule has 174 valence electrons. The van der Waals surface area contributed by atoms with E-state index >= 15 is 0 Å². The van der Waals surface area contributed by atoms with Crippen molar-refractivity contribution < 1.29 is 4.79 Å². The molecule has 1 aliphatic rings. The Morgan fingerprint density at radius 1 is 0.765 bits per heavy atom. The molecule has 4 aromatic rings. The molecule has 0 atom stereocenters. The summed E-state index contributed by atoms with van der Waals surface area (Å²) >= 11 is 0. The van der Waals surface area contributed by atoms with Crippen molar-refractivity contribution in [3.63, 3.8) is 0 Å². The number of hydrogen-bond donors (Lipinski definition) is 1. The summed E-state index contributed by atoms with van der Waals surface area (Å²) in [6.45, 7) is 5.41. The van der Waals surface area contributed by atoms with Gasteiger partial charge in [0.15, 0.2) is 0 Å². The molecular weight excluding hydrogens is 422 g/mol. The van der Waals surface area contributed by atoms with Crippen LogP contribution < -0.4 is 5.32 Å². The van der Waals surface area contributed by atoms with Gasteiger partial charge in [-0.15, -0.1) is 0 Å². The maximum atomic E-state index is 12.6. The minimum absolute atomic E-state index is 0.0342. The predicted molar refractivity (Wildman–Crippen MR) is 136 cm³/mol. The molecule has 34 heavy (non-hydrogen) atoms. The van der Waals surface area contributed by atoms with Crippen molar-refractivity contribution in [2.45, 2.75) is 19.5 Å². The molecule has 1 aromatic heterocycles. The van der Waals surface area contributed by atoms with Gasteiger partial charge in [-0.2, -0.15) is 0 Å². The van der Waals surface area contributed by atoms with Crippen LogP contribution in [0.2, 0.25) is 0 Å². The molecule has 1 saturated heterocycles. The summed E-state index contributed by atoms with van der Waals surface area (Å²) < 4.78 is 2.33. The molecule has 1 aliphatic heterocycles. The third-order valence-corrected chi connectivity index (χ3v) is 6.47. The van der Waals surface area contributed by atoms with Crippen molar-refractivity contribution in [1.82, 2.24) is 24.7 Å². The number of fused-ring (bicyclic) bond motifs is 1. The zero-order chi connectivity index (χ0) is 23.2. The van der Waals surface area contributed by atoms with Gasteiger partial charge in [0, 0.05) is 39.3 Å². The van der Waals surface area contributed by atoms with Gasteiger partial charge < -0.3 is 14.8 Å². The van der Waals surface area contributed by atoms with Gasteiger partial charge in [0.1, 0.15) is 5.82 Å². The van der Waals surface area contributed by atoms with Crippen molar-refractivity contribution in [3.8, 4) is 0 Å². The number of carbonyl (C=O) groups excluding carboxylic acids is 1. The Bertz CT molecular complexity index is 1210. The second-order valence-electron chi connectivity index (χ2n) is 8.82. The average molecular weight is 454 g/mol. The van der Waals surface area contributed by atoms with E-state index in [2.05, 4.69) is 69.4 Å². The van der Waals surface area contributed by atoms with E-state index in [1.54, 1.807) is 0 Å². The van der Waals surface area contributed by atoms with E-state index in [0.717, 1.165) is 62.5 Å². The fourth-order valence-corrected chi connectivity index (χ4v) is 4.57. The maximum absolute atomic E-state index is 12.6. The van der Waals surface area contributed by atoms with Gasteiger partial charge in [0.05, 0.1) is 17.6 Å². The van der Waals surface area contributed by atoms with E-state index in [9.17, 15) is 4.79 Å². The summed E-state index contributed by atoms with van der Waals surface area (Å²) in [5.41, 5.74) is 4.71. The Labute approximate surface area is 200 Å². The van der Waals surface area contributed by atoms with Gasteiger partial charge in [0.2, 0.25) is 0 Å². The monoisotopic (exact) mass is 453 g/mol. The predicted octanol–water partition coefficient (Wildman–Crippen LogP) is 4.15. The molecule has 0 saturated carbocycles. The van der Waals surface area contributed by atoms with Gasteiger partial charge in [-0.3, -0.25) is 4.90 Å². The fraction of sp³-hybridized carbons (Fsp3) is 0.286. The van der Waals surface area contributed by atoms with Crippen LogP contribution in [-0.4, -0.2) is 58.1 Å². The van der Waals surface area contributed by atoms with Crippen LogP contribution in [0, 0.1) is 0 Å². The highest BCUT2D eigenvalue weighted by Crippen LogP contribution is 2.20. The zero-order valence-corrected chi connectivity index (χ0v) is 19.4. The van der Waals surface area contributed by atoms with Crippen molar-refractivity contribution >= 4 is 17.1 Å². The van der Waals surface area contributed by atoms with E-state index in [1.165, 1.54) is 11.1 Å². The lowest BCUT2D eigenvalue weighted by Crippen LogP contribution is -2.51. The smallest absolute Gasteiger partial charge is 0.317 e. The number of carbonyl (C=O) groups is 1. The summed E-state index contributed by atoms with van der Waals surface area (Å²) in [4.78, 5) is 21.9. The molecule has 0 spiro atoms. The van der Waals surface area contributed by atoms with E-state index in [0.29, 0.717) is 6.54 Å². The average Bonchev–Trinajstić information content (AvgIpc) is 3.22.